The Morgan fingerprint density at radius 2 is 2.08 bits per heavy atom. The summed E-state index contributed by atoms with van der Waals surface area (Å²) in [5, 5.41) is 9.56. The fourth-order valence-electron chi connectivity index (χ4n) is 2.55. The Labute approximate surface area is 139 Å². The highest BCUT2D eigenvalue weighted by Gasteiger charge is 2.29. The van der Waals surface area contributed by atoms with Gasteiger partial charge in [-0.15, -0.1) is 0 Å². The SMILES string of the molecule is Cc1onc(C(C)(C)C)c1C(=O)Nc1cccc2c1OCC(=O)N2. The summed E-state index contributed by atoms with van der Waals surface area (Å²) in [6.45, 7) is 7.51. The van der Waals surface area contributed by atoms with Crippen molar-refractivity contribution in [2.75, 3.05) is 17.2 Å². The van der Waals surface area contributed by atoms with Crippen molar-refractivity contribution in [3.63, 3.8) is 0 Å². The van der Waals surface area contributed by atoms with Crippen LogP contribution in [0.2, 0.25) is 0 Å². The summed E-state index contributed by atoms with van der Waals surface area (Å²) in [5.74, 6) is 0.344. The first kappa shape index (κ1) is 16.0. The summed E-state index contributed by atoms with van der Waals surface area (Å²) < 4.78 is 10.7. The van der Waals surface area contributed by atoms with E-state index < -0.39 is 0 Å². The molecule has 0 unspecified atom stereocenters. The highest BCUT2D eigenvalue weighted by atomic mass is 16.5. The minimum atomic E-state index is -0.328. The van der Waals surface area contributed by atoms with Gasteiger partial charge in [-0.2, -0.15) is 0 Å². The molecule has 126 valence electrons. The highest BCUT2D eigenvalue weighted by molar-refractivity contribution is 6.08. The van der Waals surface area contributed by atoms with Crippen LogP contribution >= 0.6 is 0 Å². The van der Waals surface area contributed by atoms with Crippen molar-refractivity contribution in [1.82, 2.24) is 5.16 Å². The van der Waals surface area contributed by atoms with E-state index in [1.807, 2.05) is 20.8 Å². The van der Waals surface area contributed by atoms with E-state index in [0.717, 1.165) is 0 Å². The van der Waals surface area contributed by atoms with Crippen molar-refractivity contribution in [2.45, 2.75) is 33.1 Å². The molecule has 2 amide bonds. The fourth-order valence-corrected chi connectivity index (χ4v) is 2.55. The number of anilines is 2. The molecule has 2 heterocycles. The van der Waals surface area contributed by atoms with Gasteiger partial charge in [0.05, 0.1) is 11.4 Å². The number of nitrogens with one attached hydrogen (secondary N) is 2. The number of fused-ring (bicyclic) bond motifs is 1. The molecule has 2 N–H and O–H groups in total. The van der Waals surface area contributed by atoms with Crippen LogP contribution < -0.4 is 15.4 Å². The molecule has 1 aromatic carbocycles. The molecule has 0 atom stereocenters. The molecular formula is C17H19N3O4. The molecule has 1 aliphatic heterocycles. The molecule has 7 nitrogen and oxygen atoms in total. The second kappa shape index (κ2) is 5.67. The lowest BCUT2D eigenvalue weighted by molar-refractivity contribution is -0.118. The van der Waals surface area contributed by atoms with Crippen LogP contribution in [0.4, 0.5) is 11.4 Å². The normalized spacial score (nSPS) is 13.8. The van der Waals surface area contributed by atoms with Gasteiger partial charge in [0, 0.05) is 5.41 Å². The van der Waals surface area contributed by atoms with Crippen LogP contribution in [-0.4, -0.2) is 23.6 Å². The third kappa shape index (κ3) is 2.84. The Morgan fingerprint density at radius 3 is 2.79 bits per heavy atom. The van der Waals surface area contributed by atoms with Gasteiger partial charge in [-0.05, 0) is 19.1 Å². The van der Waals surface area contributed by atoms with Gasteiger partial charge in [0.25, 0.3) is 11.8 Å². The number of aromatic nitrogens is 1. The molecule has 0 saturated carbocycles. The van der Waals surface area contributed by atoms with Crippen molar-refractivity contribution < 1.29 is 18.8 Å². The van der Waals surface area contributed by atoms with Gasteiger partial charge in [0.1, 0.15) is 17.0 Å². The predicted octanol–water partition coefficient (Wildman–Crippen LogP) is 2.86. The summed E-state index contributed by atoms with van der Waals surface area (Å²) in [6.07, 6.45) is 0. The monoisotopic (exact) mass is 329 g/mol. The van der Waals surface area contributed by atoms with Gasteiger partial charge in [-0.3, -0.25) is 9.59 Å². The quantitative estimate of drug-likeness (QED) is 0.883. The molecule has 3 rings (SSSR count). The zero-order valence-electron chi connectivity index (χ0n) is 14.0. The van der Waals surface area contributed by atoms with Crippen LogP contribution in [0.15, 0.2) is 22.7 Å². The summed E-state index contributed by atoms with van der Waals surface area (Å²) in [4.78, 5) is 24.2. The maximum atomic E-state index is 12.8. The summed E-state index contributed by atoms with van der Waals surface area (Å²) in [5.41, 5.74) is 1.70. The Balaban J connectivity index is 1.94. The van der Waals surface area contributed by atoms with Gasteiger partial charge >= 0.3 is 0 Å². The minimum Gasteiger partial charge on any atom is -0.479 e. The molecule has 7 heteroatoms. The zero-order chi connectivity index (χ0) is 17.5. The topological polar surface area (TPSA) is 93.5 Å². The highest BCUT2D eigenvalue weighted by Crippen LogP contribution is 2.36. The van der Waals surface area contributed by atoms with Crippen molar-refractivity contribution in [3.05, 3.63) is 35.2 Å². The van der Waals surface area contributed by atoms with Gasteiger partial charge in [-0.25, -0.2) is 0 Å². The lowest BCUT2D eigenvalue weighted by Gasteiger charge is -2.21. The molecule has 0 bridgehead atoms. The molecular weight excluding hydrogens is 310 g/mol. The first-order valence-corrected chi connectivity index (χ1v) is 7.61. The Hall–Kier alpha value is -2.83. The van der Waals surface area contributed by atoms with Gasteiger partial charge < -0.3 is 19.9 Å². The number of nitrogens with zero attached hydrogens (tertiary/aromatic N) is 1. The molecule has 0 fully saturated rings. The summed E-state index contributed by atoms with van der Waals surface area (Å²) >= 11 is 0. The van der Waals surface area contributed by atoms with Crippen molar-refractivity contribution >= 4 is 23.2 Å². The van der Waals surface area contributed by atoms with E-state index in [1.165, 1.54) is 0 Å². The van der Waals surface area contributed by atoms with Gasteiger partial charge in [0.15, 0.2) is 12.4 Å². The predicted molar refractivity (Wildman–Crippen MR) is 88.5 cm³/mol. The van der Waals surface area contributed by atoms with E-state index in [1.54, 1.807) is 25.1 Å². The maximum absolute atomic E-state index is 12.8. The number of benzene rings is 1. The second-order valence-electron chi connectivity index (χ2n) is 6.69. The van der Waals surface area contributed by atoms with Crippen LogP contribution in [0.5, 0.6) is 5.75 Å². The Morgan fingerprint density at radius 1 is 1.33 bits per heavy atom. The number of ether oxygens (including phenoxy) is 1. The molecule has 1 aromatic heterocycles. The molecule has 1 aliphatic rings. The zero-order valence-corrected chi connectivity index (χ0v) is 14.0. The third-order valence-corrected chi connectivity index (χ3v) is 3.69. The molecule has 0 spiro atoms. The lowest BCUT2D eigenvalue weighted by Crippen LogP contribution is -2.27. The fraction of sp³-hybridized carbons (Fsp3) is 0.353. The standard InChI is InChI=1S/C17H19N3O4/c1-9-13(15(20-24-9)17(2,3)4)16(22)19-11-7-5-6-10-14(11)23-8-12(21)18-10/h5-7H,8H2,1-4H3,(H,18,21)(H,19,22). The summed E-state index contributed by atoms with van der Waals surface area (Å²) in [7, 11) is 0. The van der Waals surface area contributed by atoms with E-state index in [4.69, 9.17) is 9.26 Å². The van der Waals surface area contributed by atoms with E-state index in [-0.39, 0.29) is 23.8 Å². The second-order valence-corrected chi connectivity index (χ2v) is 6.69. The van der Waals surface area contributed by atoms with Crippen molar-refractivity contribution in [2.24, 2.45) is 0 Å². The first-order chi connectivity index (χ1) is 11.3. The van der Waals surface area contributed by atoms with Crippen LogP contribution in [0, 0.1) is 6.92 Å². The van der Waals surface area contributed by atoms with Crippen LogP contribution in [0.1, 0.15) is 42.6 Å². The minimum absolute atomic E-state index is 0.0839. The Kier molecular flexibility index (Phi) is 3.79. The van der Waals surface area contributed by atoms with Crippen LogP contribution in [0.25, 0.3) is 0 Å². The van der Waals surface area contributed by atoms with Crippen molar-refractivity contribution in [1.29, 1.82) is 0 Å². The number of aryl methyl sites for hydroxylation is 1. The van der Waals surface area contributed by atoms with E-state index in [9.17, 15) is 9.59 Å². The number of para-hydroxylation sites is 1. The Bertz CT molecular complexity index is 818. The lowest BCUT2D eigenvalue weighted by atomic mass is 9.88. The number of carbonyl (C=O) groups is 2. The molecule has 24 heavy (non-hydrogen) atoms. The average molecular weight is 329 g/mol. The third-order valence-electron chi connectivity index (χ3n) is 3.69. The van der Waals surface area contributed by atoms with E-state index in [0.29, 0.717) is 34.1 Å². The number of carbonyl (C=O) groups excluding carboxylic acids is 2. The largest absolute Gasteiger partial charge is 0.479 e. The molecule has 0 radical (unpaired) electrons. The van der Waals surface area contributed by atoms with E-state index >= 15 is 0 Å². The number of hydrogen-bond acceptors (Lipinski definition) is 5. The molecule has 0 saturated heterocycles. The number of amides is 2. The van der Waals surface area contributed by atoms with E-state index in [2.05, 4.69) is 15.8 Å². The average Bonchev–Trinajstić information content (AvgIpc) is 2.89. The number of rotatable bonds is 2. The smallest absolute Gasteiger partial charge is 0.262 e. The maximum Gasteiger partial charge on any atom is 0.262 e. The molecule has 0 aliphatic carbocycles. The van der Waals surface area contributed by atoms with Gasteiger partial charge in [0.2, 0.25) is 0 Å². The molecule has 2 aromatic rings. The van der Waals surface area contributed by atoms with Gasteiger partial charge in [-0.1, -0.05) is 32.0 Å². The van der Waals surface area contributed by atoms with Crippen LogP contribution in [0.3, 0.4) is 0 Å². The van der Waals surface area contributed by atoms with Crippen molar-refractivity contribution in [3.8, 4) is 5.75 Å². The first-order valence-electron chi connectivity index (χ1n) is 7.61. The van der Waals surface area contributed by atoms with Crippen LogP contribution in [-0.2, 0) is 10.2 Å². The number of hydrogen-bond donors (Lipinski definition) is 2. The summed E-state index contributed by atoms with van der Waals surface area (Å²) in [6, 6.07) is 5.16.